The van der Waals surface area contributed by atoms with Gasteiger partial charge in [-0.3, -0.25) is 14.9 Å². The monoisotopic (exact) mass is 267 g/mol. The highest BCUT2D eigenvalue weighted by atomic mass is 16.6. The molecule has 0 unspecified atom stereocenters. The zero-order chi connectivity index (χ0) is 14.6. The summed E-state index contributed by atoms with van der Waals surface area (Å²) in [4.78, 5) is 22.1. The van der Waals surface area contributed by atoms with Crippen molar-refractivity contribution < 1.29 is 19.2 Å². The summed E-state index contributed by atoms with van der Waals surface area (Å²) in [5.41, 5.74) is -0.740. The summed E-state index contributed by atoms with van der Waals surface area (Å²) in [5, 5.41) is 10.9. The Morgan fingerprint density at radius 2 is 2.00 bits per heavy atom. The Labute approximate surface area is 111 Å². The van der Waals surface area contributed by atoms with E-state index in [0.717, 1.165) is 0 Å². The molecule has 19 heavy (non-hydrogen) atoms. The van der Waals surface area contributed by atoms with Crippen molar-refractivity contribution in [1.29, 1.82) is 0 Å². The molecule has 0 aliphatic carbocycles. The van der Waals surface area contributed by atoms with E-state index in [1.165, 1.54) is 25.3 Å². The normalized spacial score (nSPS) is 10.9. The van der Waals surface area contributed by atoms with Crippen LogP contribution >= 0.6 is 0 Å². The molecule has 0 aromatic heterocycles. The van der Waals surface area contributed by atoms with E-state index in [1.807, 2.05) is 0 Å². The second kappa shape index (κ2) is 5.69. The Kier molecular flexibility index (Phi) is 4.47. The molecule has 1 aromatic rings. The van der Waals surface area contributed by atoms with Crippen LogP contribution in [0.1, 0.15) is 20.8 Å². The molecular weight excluding hydrogens is 250 g/mol. The van der Waals surface area contributed by atoms with Gasteiger partial charge < -0.3 is 9.47 Å². The zero-order valence-electron chi connectivity index (χ0n) is 11.4. The van der Waals surface area contributed by atoms with Crippen molar-refractivity contribution in [2.24, 2.45) is 5.41 Å². The Morgan fingerprint density at radius 1 is 1.37 bits per heavy atom. The minimum absolute atomic E-state index is 0.0296. The minimum Gasteiger partial charge on any atom is -0.497 e. The average Bonchev–Trinajstić information content (AvgIpc) is 2.33. The number of nitro groups is 1. The predicted molar refractivity (Wildman–Crippen MR) is 69.6 cm³/mol. The topological polar surface area (TPSA) is 78.7 Å². The van der Waals surface area contributed by atoms with Crippen molar-refractivity contribution in [3.8, 4) is 11.5 Å². The number of ether oxygens (including phenoxy) is 2. The summed E-state index contributed by atoms with van der Waals surface area (Å²) in [6, 6.07) is 4.15. The number of carbonyl (C=O) groups excluding carboxylic acids is 1. The predicted octanol–water partition coefficient (Wildman–Crippen LogP) is 2.60. The number of benzene rings is 1. The lowest BCUT2D eigenvalue weighted by molar-refractivity contribution is -0.385. The highest BCUT2D eigenvalue weighted by Crippen LogP contribution is 2.31. The maximum Gasteiger partial charge on any atom is 0.311 e. The first kappa shape index (κ1) is 14.9. The van der Waals surface area contributed by atoms with Crippen molar-refractivity contribution in [2.75, 3.05) is 13.7 Å². The molecule has 0 saturated heterocycles. The first-order valence-corrected chi connectivity index (χ1v) is 5.74. The highest BCUT2D eigenvalue weighted by Gasteiger charge is 2.23. The standard InChI is InChI=1S/C13H17NO5/c1-13(2,3)12(15)8-19-11-7-9(18-4)5-6-10(11)14(16)17/h5-7H,8H2,1-4H3. The summed E-state index contributed by atoms with van der Waals surface area (Å²) in [5.74, 6) is 0.329. The second-order valence-electron chi connectivity index (χ2n) is 5.05. The molecule has 1 rings (SSSR count). The SMILES string of the molecule is COc1ccc([N+](=O)[O-])c(OCC(=O)C(C)(C)C)c1. The lowest BCUT2D eigenvalue weighted by Gasteiger charge is -2.16. The number of nitro benzene ring substituents is 1. The largest absolute Gasteiger partial charge is 0.497 e. The average molecular weight is 267 g/mol. The van der Waals surface area contributed by atoms with Gasteiger partial charge in [0.1, 0.15) is 12.4 Å². The number of hydrogen-bond donors (Lipinski definition) is 0. The lowest BCUT2D eigenvalue weighted by atomic mass is 9.91. The van der Waals surface area contributed by atoms with Gasteiger partial charge in [-0.05, 0) is 6.07 Å². The molecule has 1 aromatic carbocycles. The van der Waals surface area contributed by atoms with E-state index in [4.69, 9.17) is 9.47 Å². The van der Waals surface area contributed by atoms with E-state index >= 15 is 0 Å². The molecule has 0 aliphatic heterocycles. The van der Waals surface area contributed by atoms with Gasteiger partial charge in [0.25, 0.3) is 0 Å². The van der Waals surface area contributed by atoms with E-state index in [0.29, 0.717) is 5.75 Å². The maximum absolute atomic E-state index is 11.7. The van der Waals surface area contributed by atoms with Crippen LogP contribution < -0.4 is 9.47 Å². The first-order chi connectivity index (χ1) is 8.75. The number of nitrogens with zero attached hydrogens (tertiary/aromatic N) is 1. The van der Waals surface area contributed by atoms with Gasteiger partial charge in [0.15, 0.2) is 5.78 Å². The van der Waals surface area contributed by atoms with Gasteiger partial charge in [-0.25, -0.2) is 0 Å². The van der Waals surface area contributed by atoms with Crippen molar-refractivity contribution >= 4 is 11.5 Å². The molecule has 0 heterocycles. The maximum atomic E-state index is 11.7. The first-order valence-electron chi connectivity index (χ1n) is 5.74. The molecule has 0 spiro atoms. The Hall–Kier alpha value is -2.11. The van der Waals surface area contributed by atoms with Crippen LogP contribution in [0.4, 0.5) is 5.69 Å². The molecular formula is C13H17NO5. The van der Waals surface area contributed by atoms with E-state index in [1.54, 1.807) is 20.8 Å². The third kappa shape index (κ3) is 3.94. The van der Waals surface area contributed by atoms with Crippen molar-refractivity contribution in [2.45, 2.75) is 20.8 Å². The van der Waals surface area contributed by atoms with Gasteiger partial charge in [0.05, 0.1) is 12.0 Å². The molecule has 0 atom stereocenters. The molecule has 6 heteroatoms. The van der Waals surface area contributed by atoms with E-state index in [-0.39, 0.29) is 23.8 Å². The highest BCUT2D eigenvalue weighted by molar-refractivity contribution is 5.85. The van der Waals surface area contributed by atoms with Crippen LogP contribution in [0.5, 0.6) is 11.5 Å². The van der Waals surface area contributed by atoms with Crippen LogP contribution in [0.3, 0.4) is 0 Å². The molecule has 0 aliphatic rings. The Morgan fingerprint density at radius 3 is 2.47 bits per heavy atom. The van der Waals surface area contributed by atoms with Crippen LogP contribution in [0.25, 0.3) is 0 Å². The zero-order valence-corrected chi connectivity index (χ0v) is 11.4. The van der Waals surface area contributed by atoms with Gasteiger partial charge in [-0.2, -0.15) is 0 Å². The molecule has 0 bridgehead atoms. The lowest BCUT2D eigenvalue weighted by Crippen LogP contribution is -2.26. The summed E-state index contributed by atoms with van der Waals surface area (Å²) >= 11 is 0. The van der Waals surface area contributed by atoms with Gasteiger partial charge in [-0.15, -0.1) is 0 Å². The smallest absolute Gasteiger partial charge is 0.311 e. The molecule has 6 nitrogen and oxygen atoms in total. The van der Waals surface area contributed by atoms with Crippen molar-refractivity contribution in [3.63, 3.8) is 0 Å². The summed E-state index contributed by atoms with van der Waals surface area (Å²) in [6.07, 6.45) is 0. The van der Waals surface area contributed by atoms with E-state index in [9.17, 15) is 14.9 Å². The van der Waals surface area contributed by atoms with Crippen LogP contribution in [-0.4, -0.2) is 24.4 Å². The van der Waals surface area contributed by atoms with Crippen LogP contribution in [0, 0.1) is 15.5 Å². The van der Waals surface area contributed by atoms with Crippen LogP contribution in [-0.2, 0) is 4.79 Å². The number of hydrogen-bond acceptors (Lipinski definition) is 5. The summed E-state index contributed by atoms with van der Waals surface area (Å²) in [6.45, 7) is 5.08. The number of methoxy groups -OCH3 is 1. The minimum atomic E-state index is -0.559. The molecule has 0 saturated carbocycles. The fourth-order valence-corrected chi connectivity index (χ4v) is 1.25. The number of carbonyl (C=O) groups is 1. The molecule has 0 radical (unpaired) electrons. The number of ketones is 1. The van der Waals surface area contributed by atoms with E-state index in [2.05, 4.69) is 0 Å². The molecule has 104 valence electrons. The fourth-order valence-electron chi connectivity index (χ4n) is 1.25. The van der Waals surface area contributed by atoms with Crippen molar-refractivity contribution in [1.82, 2.24) is 0 Å². The summed E-state index contributed by atoms with van der Waals surface area (Å²) in [7, 11) is 1.45. The van der Waals surface area contributed by atoms with Crippen LogP contribution in [0.15, 0.2) is 18.2 Å². The third-order valence-electron chi connectivity index (χ3n) is 2.56. The quantitative estimate of drug-likeness (QED) is 0.605. The third-order valence-corrected chi connectivity index (χ3v) is 2.56. The van der Waals surface area contributed by atoms with Gasteiger partial charge in [0, 0.05) is 17.5 Å². The number of Topliss-reactive ketones (excluding diaryl/α,β-unsaturated/α-hetero) is 1. The van der Waals surface area contributed by atoms with E-state index < -0.39 is 10.3 Å². The van der Waals surface area contributed by atoms with Gasteiger partial charge in [-0.1, -0.05) is 20.8 Å². The molecule has 0 fully saturated rings. The van der Waals surface area contributed by atoms with Gasteiger partial charge in [0.2, 0.25) is 5.75 Å². The van der Waals surface area contributed by atoms with Crippen molar-refractivity contribution in [3.05, 3.63) is 28.3 Å². The molecule has 0 N–H and O–H groups in total. The van der Waals surface area contributed by atoms with Gasteiger partial charge >= 0.3 is 5.69 Å². The Balaban J connectivity index is 2.92. The molecule has 0 amide bonds. The number of rotatable bonds is 5. The summed E-state index contributed by atoms with van der Waals surface area (Å²) < 4.78 is 10.2. The van der Waals surface area contributed by atoms with Crippen LogP contribution in [0.2, 0.25) is 0 Å². The fraction of sp³-hybridized carbons (Fsp3) is 0.462. The Bertz CT molecular complexity index is 490. The second-order valence-corrected chi connectivity index (χ2v) is 5.05.